The number of carbonyl (C=O) groups is 2. The first-order valence-corrected chi connectivity index (χ1v) is 19.7. The minimum Gasteiger partial charge on any atom is -0.454 e. The number of anilines is 1. The van der Waals surface area contributed by atoms with Crippen molar-refractivity contribution in [1.29, 1.82) is 0 Å². The Hall–Kier alpha value is -3.20. The molecule has 0 bridgehead atoms. The summed E-state index contributed by atoms with van der Waals surface area (Å²) in [5, 5.41) is 29.7. The van der Waals surface area contributed by atoms with Crippen molar-refractivity contribution in [2.45, 2.75) is 108 Å². The number of hydrogen-bond acceptors (Lipinski definition) is 10. The fraction of sp³-hybridized carbons (Fsp3) is 0.610. The highest BCUT2D eigenvalue weighted by Gasteiger charge is 2.62. The van der Waals surface area contributed by atoms with Crippen molar-refractivity contribution < 1.29 is 47.3 Å². The summed E-state index contributed by atoms with van der Waals surface area (Å²) >= 11 is 6.46. The van der Waals surface area contributed by atoms with Crippen LogP contribution in [0.3, 0.4) is 0 Å². The van der Waals surface area contributed by atoms with E-state index in [2.05, 4.69) is 17.1 Å². The van der Waals surface area contributed by atoms with E-state index < -0.39 is 65.3 Å². The quantitative estimate of drug-likeness (QED) is 0.217. The predicted octanol–water partition coefficient (Wildman–Crippen LogP) is 6.33. The molecule has 1 saturated carbocycles. The molecule has 0 aromatic heterocycles. The average molecular weight is 790 g/mol. The van der Waals surface area contributed by atoms with Crippen molar-refractivity contribution >= 4 is 29.2 Å². The molecule has 0 radical (unpaired) electrons. The van der Waals surface area contributed by atoms with Crippen molar-refractivity contribution in [3.63, 3.8) is 0 Å². The molecule has 14 heteroatoms. The number of para-hydroxylation sites is 1. The zero-order chi connectivity index (χ0) is 39.6. The van der Waals surface area contributed by atoms with Crippen LogP contribution in [0.5, 0.6) is 0 Å². The van der Waals surface area contributed by atoms with Gasteiger partial charge in [-0.05, 0) is 92.6 Å². The van der Waals surface area contributed by atoms with E-state index in [4.69, 9.17) is 25.9 Å². The lowest BCUT2D eigenvalue weighted by Gasteiger charge is -2.56. The monoisotopic (exact) mass is 789 g/mol. The third kappa shape index (κ3) is 7.29. The van der Waals surface area contributed by atoms with Crippen LogP contribution in [-0.4, -0.2) is 83.8 Å². The molecule has 3 heterocycles. The number of aliphatic hydroxyl groups is 2. The van der Waals surface area contributed by atoms with Crippen molar-refractivity contribution in [3.05, 3.63) is 75.8 Å². The summed E-state index contributed by atoms with van der Waals surface area (Å²) in [4.78, 5) is 34.9. The van der Waals surface area contributed by atoms with Gasteiger partial charge in [0.05, 0.1) is 16.3 Å². The van der Waals surface area contributed by atoms with Crippen LogP contribution in [-0.2, 0) is 35.7 Å². The van der Waals surface area contributed by atoms with Crippen molar-refractivity contribution in [3.8, 4) is 0 Å². The molecule has 3 N–H and O–H groups in total. The van der Waals surface area contributed by atoms with E-state index in [9.17, 15) is 33.0 Å². The van der Waals surface area contributed by atoms with Gasteiger partial charge in [0, 0.05) is 38.4 Å². The zero-order valence-corrected chi connectivity index (χ0v) is 32.6. The number of esters is 2. The topological polar surface area (TPSA) is 121 Å². The second-order valence-electron chi connectivity index (χ2n) is 16.5. The van der Waals surface area contributed by atoms with Gasteiger partial charge in [0.25, 0.3) is 0 Å². The van der Waals surface area contributed by atoms with Gasteiger partial charge in [-0.25, -0.2) is 0 Å². The number of hydroxylamine groups is 1. The Balaban J connectivity index is 1.08. The molecule has 300 valence electrons. The van der Waals surface area contributed by atoms with Crippen LogP contribution in [0.1, 0.15) is 82.4 Å². The molecule has 5 aliphatic rings. The summed E-state index contributed by atoms with van der Waals surface area (Å²) in [5.74, 6) is -1.89. The first-order valence-electron chi connectivity index (χ1n) is 19.3. The summed E-state index contributed by atoms with van der Waals surface area (Å²) in [6.07, 6.45) is -2.75. The second kappa shape index (κ2) is 14.9. The molecular formula is C41H51ClF3N3O7. The molecule has 1 unspecified atom stereocenters. The zero-order valence-electron chi connectivity index (χ0n) is 31.8. The van der Waals surface area contributed by atoms with Crippen LogP contribution in [0.2, 0.25) is 5.02 Å². The minimum atomic E-state index is -4.38. The summed E-state index contributed by atoms with van der Waals surface area (Å²) < 4.78 is 52.2. The molecule has 0 amide bonds. The van der Waals surface area contributed by atoms with Gasteiger partial charge in [-0.15, -0.1) is 0 Å². The van der Waals surface area contributed by atoms with E-state index in [1.54, 1.807) is 31.3 Å². The van der Waals surface area contributed by atoms with E-state index in [1.165, 1.54) is 24.1 Å². The number of alkyl halides is 3. The van der Waals surface area contributed by atoms with Crippen LogP contribution in [0.15, 0.2) is 54.1 Å². The van der Waals surface area contributed by atoms with Crippen LogP contribution < -0.4 is 10.4 Å². The first kappa shape index (κ1) is 40.0. The number of benzene rings is 2. The standard InChI is InChI=1S/C41H51ClF3N3O7/c1-22-18-31-29(23(2)21-48-16-14-26(15-17-48)27-8-6-9-28(19-27)41(43,44)45)13-12-24(3)40(31,52)36(35(22)53-25(4)49)54-37(50)33-20-39(51)30-10-7-11-32(42)34(30)47(5)55-38(39)46-33/h6-11,18-19,23-24,26,29,31,33,35-36,38,46,51-52H,12-17,20-21H2,1-5H3/t23?,24-,29+,31-,33+,35-,36+,38-,39-,40-/m1/s1. The summed E-state index contributed by atoms with van der Waals surface area (Å²) in [6, 6.07) is 9.78. The van der Waals surface area contributed by atoms with Crippen LogP contribution >= 0.6 is 11.6 Å². The van der Waals surface area contributed by atoms with Gasteiger partial charge < -0.3 is 24.6 Å². The Morgan fingerprint density at radius 2 is 1.80 bits per heavy atom. The van der Waals surface area contributed by atoms with E-state index in [0.29, 0.717) is 28.3 Å². The Bertz CT molecular complexity index is 1820. The molecule has 2 aromatic rings. The Kier molecular flexibility index (Phi) is 10.9. The molecule has 10 nitrogen and oxygen atoms in total. The average Bonchev–Trinajstić information content (AvgIpc) is 3.48. The summed E-state index contributed by atoms with van der Waals surface area (Å²) in [6.45, 7) is 9.41. The molecule has 2 saturated heterocycles. The Labute approximate surface area is 324 Å². The van der Waals surface area contributed by atoms with Crippen molar-refractivity contribution in [2.75, 3.05) is 31.7 Å². The predicted molar refractivity (Wildman–Crippen MR) is 199 cm³/mol. The molecule has 2 aromatic carbocycles. The molecule has 3 aliphatic heterocycles. The van der Waals surface area contributed by atoms with Gasteiger partial charge in [0.1, 0.15) is 17.2 Å². The number of ether oxygens (including phenoxy) is 2. The number of likely N-dealkylation sites (tertiary alicyclic amines) is 1. The van der Waals surface area contributed by atoms with E-state index in [-0.39, 0.29) is 30.1 Å². The van der Waals surface area contributed by atoms with Crippen LogP contribution in [0, 0.1) is 23.7 Å². The first-order chi connectivity index (χ1) is 25.9. The fourth-order valence-corrected chi connectivity index (χ4v) is 10.4. The number of rotatable bonds is 7. The molecular weight excluding hydrogens is 739 g/mol. The maximum absolute atomic E-state index is 14.2. The Morgan fingerprint density at radius 3 is 2.49 bits per heavy atom. The van der Waals surface area contributed by atoms with E-state index >= 15 is 0 Å². The van der Waals surface area contributed by atoms with Crippen molar-refractivity contribution in [2.24, 2.45) is 23.7 Å². The van der Waals surface area contributed by atoms with Gasteiger partial charge in [0.2, 0.25) is 0 Å². The third-order valence-electron chi connectivity index (χ3n) is 13.0. The highest BCUT2D eigenvalue weighted by molar-refractivity contribution is 6.33. The Morgan fingerprint density at radius 1 is 1.09 bits per heavy atom. The lowest BCUT2D eigenvalue weighted by molar-refractivity contribution is -0.225. The van der Waals surface area contributed by atoms with E-state index in [1.807, 2.05) is 19.9 Å². The molecule has 55 heavy (non-hydrogen) atoms. The second-order valence-corrected chi connectivity index (χ2v) is 16.9. The molecule has 3 fully saturated rings. The van der Waals surface area contributed by atoms with E-state index in [0.717, 1.165) is 50.5 Å². The highest BCUT2D eigenvalue weighted by atomic mass is 35.5. The van der Waals surface area contributed by atoms with Gasteiger partial charge in [-0.2, -0.15) is 13.2 Å². The van der Waals surface area contributed by atoms with Gasteiger partial charge in [-0.1, -0.05) is 61.9 Å². The molecule has 0 spiro atoms. The smallest absolute Gasteiger partial charge is 0.416 e. The largest absolute Gasteiger partial charge is 0.454 e. The molecule has 2 aliphatic carbocycles. The number of fused-ring (bicyclic) bond motifs is 4. The number of piperidine rings is 1. The maximum atomic E-state index is 14.2. The summed E-state index contributed by atoms with van der Waals surface area (Å²) in [7, 11) is 1.67. The normalized spacial score (nSPS) is 34.6. The number of nitrogens with zero attached hydrogens (tertiary/aromatic N) is 2. The SMILES string of the molecule is CC(=O)O[C@@H]1C(C)=C[C@@H]2[C@H](C(C)CN3CCC(c4cccc(C(F)(F)F)c4)CC3)CC[C@@H](C)[C@]2(O)[C@H]1OC(=O)[C@@H]1C[C@@]2(O)c3cccc(Cl)c3N(C)O[C@H]2N1. The van der Waals surface area contributed by atoms with Gasteiger partial charge >= 0.3 is 18.1 Å². The van der Waals surface area contributed by atoms with Crippen LogP contribution in [0.25, 0.3) is 0 Å². The van der Waals surface area contributed by atoms with Gasteiger partial charge in [-0.3, -0.25) is 24.8 Å². The summed E-state index contributed by atoms with van der Waals surface area (Å²) in [5.41, 5.74) is -1.41. The third-order valence-corrected chi connectivity index (χ3v) is 13.3. The van der Waals surface area contributed by atoms with Gasteiger partial charge in [0.15, 0.2) is 18.4 Å². The number of carbonyl (C=O) groups excluding carboxylic acids is 2. The maximum Gasteiger partial charge on any atom is 0.416 e. The van der Waals surface area contributed by atoms with Crippen LogP contribution in [0.4, 0.5) is 18.9 Å². The number of hydrogen-bond donors (Lipinski definition) is 3. The lowest BCUT2D eigenvalue weighted by Crippen LogP contribution is -2.66. The number of halogens is 4. The molecule has 7 rings (SSSR count). The molecule has 10 atom stereocenters. The number of nitrogens with one attached hydrogen (secondary N) is 1. The van der Waals surface area contributed by atoms with Crippen molar-refractivity contribution in [1.82, 2.24) is 10.2 Å². The fourth-order valence-electron chi connectivity index (χ4n) is 10.1. The highest BCUT2D eigenvalue weighted by Crippen LogP contribution is 2.53. The lowest BCUT2D eigenvalue weighted by atomic mass is 9.55. The minimum absolute atomic E-state index is 0.00445.